The molecule has 0 aromatic rings. The molecule has 0 aromatic carbocycles. The first kappa shape index (κ1) is 18.0. The molecule has 0 spiro atoms. The molecule has 9 nitrogen and oxygen atoms in total. The highest BCUT2D eigenvalue weighted by Crippen LogP contribution is 1.86. The first-order chi connectivity index (χ1) is 7.36. The topological polar surface area (TPSA) is 154 Å². The zero-order valence-electron chi connectivity index (χ0n) is 8.56. The maximum absolute atomic E-state index is 10.7. The average Bonchev–Trinajstić information content (AvgIpc) is 2.45. The van der Waals surface area contributed by atoms with E-state index in [0.717, 1.165) is 0 Å². The minimum atomic E-state index is -1.04. The van der Waals surface area contributed by atoms with Gasteiger partial charge in [-0.2, -0.15) is 0 Å². The summed E-state index contributed by atoms with van der Waals surface area (Å²) in [6.45, 7) is 1.39. The van der Waals surface area contributed by atoms with E-state index < -0.39 is 30.2 Å². The van der Waals surface area contributed by atoms with Crippen molar-refractivity contribution in [1.29, 1.82) is 0 Å². The van der Waals surface area contributed by atoms with Gasteiger partial charge in [0.25, 0.3) is 5.91 Å². The summed E-state index contributed by atoms with van der Waals surface area (Å²) in [5.74, 6) is -0.617. The summed E-state index contributed by atoms with van der Waals surface area (Å²) in [6.07, 6.45) is -1.60. The number of aliphatic hydroxyl groups is 2. The van der Waals surface area contributed by atoms with Crippen LogP contribution in [0.25, 0.3) is 0 Å². The Kier molecular flexibility index (Phi) is 9.31. The third-order valence-corrected chi connectivity index (χ3v) is 1.33. The highest BCUT2D eigenvalue weighted by atomic mass is 27.0. The van der Waals surface area contributed by atoms with Crippen LogP contribution in [0, 0.1) is 0 Å². The van der Waals surface area contributed by atoms with Gasteiger partial charge in [0.05, 0.1) is 12.7 Å². The number of amides is 5. The number of hydrogen-bond acceptors (Lipinski definition) is 5. The Morgan fingerprint density at radius 2 is 2.06 bits per heavy atom. The van der Waals surface area contributed by atoms with E-state index in [4.69, 9.17) is 15.9 Å². The van der Waals surface area contributed by atoms with Crippen molar-refractivity contribution in [1.82, 2.24) is 16.0 Å². The van der Waals surface area contributed by atoms with E-state index in [-0.39, 0.29) is 24.0 Å². The lowest BCUT2D eigenvalue weighted by molar-refractivity contribution is -0.120. The molecule has 5 amide bonds. The van der Waals surface area contributed by atoms with Crippen LogP contribution < -0.4 is 21.7 Å². The maximum Gasteiger partial charge on any atom is 0.323 e. The molecule has 0 bridgehead atoms. The van der Waals surface area contributed by atoms with E-state index in [2.05, 4.69) is 5.32 Å². The van der Waals surface area contributed by atoms with Crippen LogP contribution in [-0.4, -0.2) is 64.4 Å². The molecule has 1 heterocycles. The van der Waals surface area contributed by atoms with Gasteiger partial charge in [-0.3, -0.25) is 10.1 Å². The van der Waals surface area contributed by atoms with Gasteiger partial charge >= 0.3 is 12.1 Å². The number of hydrogen-bond donors (Lipinski definition) is 6. The first-order valence-corrected chi connectivity index (χ1v) is 4.33. The normalized spacial score (nSPS) is 18.9. The molecular weight excluding hydrogens is 247 g/mol. The van der Waals surface area contributed by atoms with Crippen LogP contribution in [0.3, 0.4) is 0 Å². The summed E-state index contributed by atoms with van der Waals surface area (Å²) < 4.78 is 0. The molecule has 0 saturated carbocycles. The minimum absolute atomic E-state index is 0. The van der Waals surface area contributed by atoms with E-state index in [9.17, 15) is 14.4 Å². The third kappa shape index (κ3) is 8.47. The Labute approximate surface area is 108 Å². The van der Waals surface area contributed by atoms with Crippen molar-refractivity contribution in [3.05, 3.63) is 0 Å². The zero-order valence-corrected chi connectivity index (χ0v) is 8.56. The molecule has 10 heteroatoms. The number of rotatable bonds is 2. The second-order valence-corrected chi connectivity index (χ2v) is 2.94. The highest BCUT2D eigenvalue weighted by molar-refractivity contribution is 6.05. The SMILES string of the molecule is CC(O)CO.NC(=O)NC1NC(=O)NC1=O.[AlH3]. The van der Waals surface area contributed by atoms with E-state index >= 15 is 0 Å². The zero-order chi connectivity index (χ0) is 12.7. The van der Waals surface area contributed by atoms with E-state index in [0.29, 0.717) is 0 Å². The van der Waals surface area contributed by atoms with E-state index in [1.807, 2.05) is 10.6 Å². The van der Waals surface area contributed by atoms with Gasteiger partial charge in [0, 0.05) is 0 Å². The Morgan fingerprint density at radius 1 is 1.59 bits per heavy atom. The predicted molar refractivity (Wildman–Crippen MR) is 61.9 cm³/mol. The Balaban J connectivity index is 0. The molecule has 98 valence electrons. The number of urea groups is 2. The third-order valence-electron chi connectivity index (χ3n) is 1.33. The van der Waals surface area contributed by atoms with Gasteiger partial charge in [0.1, 0.15) is 0 Å². The molecule has 2 unspecified atom stereocenters. The van der Waals surface area contributed by atoms with Crippen molar-refractivity contribution < 1.29 is 24.6 Å². The summed E-state index contributed by atoms with van der Waals surface area (Å²) in [5, 5.41) is 22.1. The van der Waals surface area contributed by atoms with Gasteiger partial charge in [0.15, 0.2) is 23.5 Å². The smallest absolute Gasteiger partial charge is 0.323 e. The van der Waals surface area contributed by atoms with Gasteiger partial charge in [-0.25, -0.2) is 9.59 Å². The molecule has 2 atom stereocenters. The summed E-state index contributed by atoms with van der Waals surface area (Å²) in [7, 11) is 0. The molecule has 1 saturated heterocycles. The Hall–Kier alpha value is -1.34. The fraction of sp³-hybridized carbons (Fsp3) is 0.571. The fourth-order valence-electron chi connectivity index (χ4n) is 0.661. The summed E-state index contributed by atoms with van der Waals surface area (Å²) in [5.41, 5.74) is 4.70. The number of nitrogens with one attached hydrogen (secondary N) is 3. The predicted octanol–water partition coefficient (Wildman–Crippen LogP) is -4.00. The van der Waals surface area contributed by atoms with Gasteiger partial charge in [0.2, 0.25) is 0 Å². The molecule has 1 rings (SSSR count). The lowest BCUT2D eigenvalue weighted by Gasteiger charge is -2.05. The lowest BCUT2D eigenvalue weighted by Crippen LogP contribution is -2.48. The number of carbonyl (C=O) groups is 3. The second-order valence-electron chi connectivity index (χ2n) is 2.94. The van der Waals surface area contributed by atoms with Gasteiger partial charge in [-0.15, -0.1) is 0 Å². The number of carbonyl (C=O) groups excluding carboxylic acids is 3. The monoisotopic (exact) mass is 264 g/mol. The van der Waals surface area contributed by atoms with Crippen molar-refractivity contribution in [2.75, 3.05) is 6.61 Å². The molecule has 0 aliphatic carbocycles. The van der Waals surface area contributed by atoms with Crippen LogP contribution in [0.1, 0.15) is 6.92 Å². The lowest BCUT2D eigenvalue weighted by atomic mass is 10.5. The van der Waals surface area contributed by atoms with Crippen molar-refractivity contribution >= 4 is 35.3 Å². The van der Waals surface area contributed by atoms with Crippen molar-refractivity contribution in [2.24, 2.45) is 5.73 Å². The number of imide groups is 1. The quantitative estimate of drug-likeness (QED) is 0.221. The molecule has 0 aromatic heterocycles. The molecule has 7 N–H and O–H groups in total. The van der Waals surface area contributed by atoms with E-state index in [1.165, 1.54) is 6.92 Å². The number of primary amides is 1. The summed E-state index contributed by atoms with van der Waals surface area (Å²) in [4.78, 5) is 31.3. The van der Waals surface area contributed by atoms with Gasteiger partial charge < -0.3 is 26.6 Å². The van der Waals surface area contributed by atoms with Crippen LogP contribution in [-0.2, 0) is 4.79 Å². The van der Waals surface area contributed by atoms with E-state index in [1.54, 1.807) is 0 Å². The van der Waals surface area contributed by atoms with Crippen LogP contribution in [0.4, 0.5) is 9.59 Å². The number of aliphatic hydroxyl groups excluding tert-OH is 2. The van der Waals surface area contributed by atoms with Gasteiger partial charge in [-0.05, 0) is 6.92 Å². The number of nitrogens with two attached hydrogens (primary N) is 1. The highest BCUT2D eigenvalue weighted by Gasteiger charge is 2.29. The summed E-state index contributed by atoms with van der Waals surface area (Å²) in [6, 6.07) is -1.51. The van der Waals surface area contributed by atoms with Crippen LogP contribution in [0.5, 0.6) is 0 Å². The molecular formula is C7H17AlN4O5. The minimum Gasteiger partial charge on any atom is -0.394 e. The van der Waals surface area contributed by atoms with Crippen molar-refractivity contribution in [3.8, 4) is 0 Å². The van der Waals surface area contributed by atoms with Crippen molar-refractivity contribution in [3.63, 3.8) is 0 Å². The molecule has 1 aliphatic heterocycles. The largest absolute Gasteiger partial charge is 0.394 e. The van der Waals surface area contributed by atoms with Crippen LogP contribution >= 0.6 is 0 Å². The van der Waals surface area contributed by atoms with Crippen LogP contribution in [0.2, 0.25) is 0 Å². The molecule has 1 fully saturated rings. The molecule has 0 radical (unpaired) electrons. The second kappa shape index (κ2) is 8.77. The molecule has 1 aliphatic rings. The average molecular weight is 264 g/mol. The standard InChI is InChI=1S/C4H6N4O3.C3H8O2.Al.3H/c5-3(10)6-1-2(9)8-4(11)7-1;1-3(5)2-4;;;;/h1H,(H3,5,6,10)(H2,7,8,9,11);3-5H,2H2,1H3;;;;. The molecule has 17 heavy (non-hydrogen) atoms. The maximum atomic E-state index is 10.7. The van der Waals surface area contributed by atoms with Gasteiger partial charge in [-0.1, -0.05) is 0 Å². The van der Waals surface area contributed by atoms with Crippen molar-refractivity contribution in [2.45, 2.75) is 19.2 Å². The first-order valence-electron chi connectivity index (χ1n) is 4.33. The Morgan fingerprint density at radius 3 is 2.29 bits per heavy atom. The summed E-state index contributed by atoms with van der Waals surface area (Å²) >= 11 is 0. The fourth-order valence-corrected chi connectivity index (χ4v) is 0.661. The van der Waals surface area contributed by atoms with Crippen LogP contribution in [0.15, 0.2) is 0 Å². The Bertz CT molecular complexity index is 285.